The van der Waals surface area contributed by atoms with E-state index < -0.39 is 12.0 Å². The number of hydrogen-bond acceptors (Lipinski definition) is 3. The number of aliphatic carboxylic acids is 1. The largest absolute Gasteiger partial charge is 0.480 e. The summed E-state index contributed by atoms with van der Waals surface area (Å²) in [5.74, 6) is -0.747. The van der Waals surface area contributed by atoms with Gasteiger partial charge in [0.2, 0.25) is 0 Å². The van der Waals surface area contributed by atoms with Gasteiger partial charge in [0.15, 0.2) is 0 Å². The lowest BCUT2D eigenvalue weighted by Gasteiger charge is -2.13. The number of hydrogen-bond donors (Lipinski definition) is 2. The normalized spacial score (nSPS) is 28.7. The first-order chi connectivity index (χ1) is 5.11. The summed E-state index contributed by atoms with van der Waals surface area (Å²) < 4.78 is 0. The third-order valence-electron chi connectivity index (χ3n) is 2.22. The van der Waals surface area contributed by atoms with E-state index in [0.29, 0.717) is 0 Å². The van der Waals surface area contributed by atoms with Gasteiger partial charge < -0.3 is 15.7 Å². The maximum absolute atomic E-state index is 10.4. The van der Waals surface area contributed by atoms with Crippen LogP contribution in [0.5, 0.6) is 0 Å². The molecule has 1 aliphatic heterocycles. The van der Waals surface area contributed by atoms with Gasteiger partial charge in [0.05, 0.1) is 0 Å². The number of carboxylic acids is 1. The molecule has 4 heteroatoms. The van der Waals surface area contributed by atoms with Crippen molar-refractivity contribution in [2.45, 2.75) is 12.5 Å². The Balaban J connectivity index is 2.43. The molecule has 0 radical (unpaired) electrons. The number of nitrogens with zero attached hydrogens (tertiary/aromatic N) is 1. The second-order valence-electron chi connectivity index (χ2n) is 3.18. The van der Waals surface area contributed by atoms with Gasteiger partial charge in [0.1, 0.15) is 6.04 Å². The molecule has 64 valence electrons. The molecule has 1 rings (SSSR count). The lowest BCUT2D eigenvalue weighted by molar-refractivity contribution is -0.139. The molecule has 0 bridgehead atoms. The van der Waals surface area contributed by atoms with Crippen molar-refractivity contribution in [3.63, 3.8) is 0 Å². The zero-order valence-corrected chi connectivity index (χ0v) is 6.66. The Bertz CT molecular complexity index is 161. The van der Waals surface area contributed by atoms with Gasteiger partial charge in [-0.05, 0) is 25.9 Å². The van der Waals surface area contributed by atoms with Gasteiger partial charge in [-0.3, -0.25) is 4.79 Å². The number of carboxylic acid groups (broad SMARTS) is 1. The minimum absolute atomic E-state index is 0.137. The zero-order valence-electron chi connectivity index (χ0n) is 6.66. The Morgan fingerprint density at radius 1 is 1.82 bits per heavy atom. The van der Waals surface area contributed by atoms with Gasteiger partial charge in [0.25, 0.3) is 0 Å². The van der Waals surface area contributed by atoms with Gasteiger partial charge in [0, 0.05) is 6.54 Å². The van der Waals surface area contributed by atoms with E-state index in [1.165, 1.54) is 0 Å². The van der Waals surface area contributed by atoms with Crippen molar-refractivity contribution >= 4 is 5.97 Å². The van der Waals surface area contributed by atoms with Crippen molar-refractivity contribution in [1.29, 1.82) is 0 Å². The van der Waals surface area contributed by atoms with Gasteiger partial charge in [-0.2, -0.15) is 0 Å². The first-order valence-corrected chi connectivity index (χ1v) is 3.78. The van der Waals surface area contributed by atoms with Crippen LogP contribution in [0.15, 0.2) is 0 Å². The molecule has 0 saturated carbocycles. The summed E-state index contributed by atoms with van der Waals surface area (Å²) in [6.07, 6.45) is 0.907. The zero-order chi connectivity index (χ0) is 8.43. The van der Waals surface area contributed by atoms with E-state index in [-0.39, 0.29) is 5.92 Å². The third kappa shape index (κ3) is 1.91. The molecule has 0 aromatic rings. The minimum Gasteiger partial charge on any atom is -0.480 e. The summed E-state index contributed by atoms with van der Waals surface area (Å²) in [6, 6.07) is -0.681. The topological polar surface area (TPSA) is 66.6 Å². The van der Waals surface area contributed by atoms with Crippen LogP contribution in [0.2, 0.25) is 0 Å². The average Bonchev–Trinajstić information content (AvgIpc) is 2.34. The summed E-state index contributed by atoms with van der Waals surface area (Å²) in [5.41, 5.74) is 5.46. The van der Waals surface area contributed by atoms with Crippen molar-refractivity contribution in [2.24, 2.45) is 11.7 Å². The fourth-order valence-electron chi connectivity index (χ4n) is 1.46. The van der Waals surface area contributed by atoms with E-state index in [2.05, 4.69) is 4.90 Å². The molecular weight excluding hydrogens is 144 g/mol. The number of nitrogens with two attached hydrogens (primary N) is 1. The molecule has 4 nitrogen and oxygen atoms in total. The van der Waals surface area contributed by atoms with Crippen LogP contribution >= 0.6 is 0 Å². The lowest BCUT2D eigenvalue weighted by atomic mass is 10.0. The number of carbonyl (C=O) groups is 1. The van der Waals surface area contributed by atoms with Crippen LogP contribution in [-0.4, -0.2) is 42.2 Å². The molecule has 0 spiro atoms. The van der Waals surface area contributed by atoms with Gasteiger partial charge in [-0.1, -0.05) is 0 Å². The molecule has 0 amide bonds. The van der Waals surface area contributed by atoms with E-state index in [0.717, 1.165) is 19.5 Å². The number of rotatable bonds is 2. The Morgan fingerprint density at radius 3 is 2.82 bits per heavy atom. The minimum atomic E-state index is -0.884. The summed E-state index contributed by atoms with van der Waals surface area (Å²) in [5, 5.41) is 8.59. The molecule has 0 aromatic carbocycles. The molecular formula is C7H14N2O2. The fourth-order valence-corrected chi connectivity index (χ4v) is 1.46. The molecule has 2 atom stereocenters. The Morgan fingerprint density at radius 2 is 2.45 bits per heavy atom. The van der Waals surface area contributed by atoms with Gasteiger partial charge in [-0.25, -0.2) is 0 Å². The second kappa shape index (κ2) is 3.19. The van der Waals surface area contributed by atoms with E-state index in [1.54, 1.807) is 0 Å². The summed E-state index contributed by atoms with van der Waals surface area (Å²) >= 11 is 0. The highest BCUT2D eigenvalue weighted by Gasteiger charge is 2.29. The maximum atomic E-state index is 10.4. The predicted molar refractivity (Wildman–Crippen MR) is 41.2 cm³/mol. The highest BCUT2D eigenvalue weighted by molar-refractivity contribution is 5.73. The summed E-state index contributed by atoms with van der Waals surface area (Å²) in [7, 11) is 1.98. The van der Waals surface area contributed by atoms with E-state index >= 15 is 0 Å². The van der Waals surface area contributed by atoms with Crippen molar-refractivity contribution in [2.75, 3.05) is 20.1 Å². The highest BCUT2D eigenvalue weighted by atomic mass is 16.4. The van der Waals surface area contributed by atoms with Crippen LogP contribution < -0.4 is 5.73 Å². The van der Waals surface area contributed by atoms with Crippen molar-refractivity contribution in [3.8, 4) is 0 Å². The van der Waals surface area contributed by atoms with Crippen molar-refractivity contribution < 1.29 is 9.90 Å². The maximum Gasteiger partial charge on any atom is 0.320 e. The Hall–Kier alpha value is -0.610. The van der Waals surface area contributed by atoms with Gasteiger partial charge in [-0.15, -0.1) is 0 Å². The Kier molecular flexibility index (Phi) is 2.46. The monoisotopic (exact) mass is 158 g/mol. The van der Waals surface area contributed by atoms with Gasteiger partial charge >= 0.3 is 5.97 Å². The molecule has 0 aromatic heterocycles. The second-order valence-corrected chi connectivity index (χ2v) is 3.18. The predicted octanol–water partition coefficient (Wildman–Crippen LogP) is -0.650. The highest BCUT2D eigenvalue weighted by Crippen LogP contribution is 2.16. The first kappa shape index (κ1) is 8.49. The average molecular weight is 158 g/mol. The quantitative estimate of drug-likeness (QED) is 0.560. The Labute approximate surface area is 66.0 Å². The summed E-state index contributed by atoms with van der Waals surface area (Å²) in [4.78, 5) is 12.6. The third-order valence-corrected chi connectivity index (χ3v) is 2.22. The van der Waals surface area contributed by atoms with Crippen LogP contribution in [0.1, 0.15) is 6.42 Å². The molecule has 2 unspecified atom stereocenters. The van der Waals surface area contributed by atoms with E-state index in [1.807, 2.05) is 7.05 Å². The van der Waals surface area contributed by atoms with Crippen molar-refractivity contribution in [3.05, 3.63) is 0 Å². The van der Waals surface area contributed by atoms with Crippen LogP contribution in [0.25, 0.3) is 0 Å². The molecule has 3 N–H and O–H groups in total. The molecule has 1 saturated heterocycles. The van der Waals surface area contributed by atoms with Crippen LogP contribution in [0.3, 0.4) is 0 Å². The smallest absolute Gasteiger partial charge is 0.320 e. The molecule has 11 heavy (non-hydrogen) atoms. The molecule has 1 aliphatic rings. The van der Waals surface area contributed by atoms with Crippen LogP contribution in [0, 0.1) is 5.92 Å². The molecule has 0 aliphatic carbocycles. The van der Waals surface area contributed by atoms with Crippen LogP contribution in [0.4, 0.5) is 0 Å². The van der Waals surface area contributed by atoms with E-state index in [4.69, 9.17) is 10.8 Å². The lowest BCUT2D eigenvalue weighted by Crippen LogP contribution is -2.39. The van der Waals surface area contributed by atoms with Crippen molar-refractivity contribution in [1.82, 2.24) is 4.90 Å². The SMILES string of the molecule is CN1CCC(C(N)C(=O)O)C1. The molecule has 1 heterocycles. The summed E-state index contributed by atoms with van der Waals surface area (Å²) in [6.45, 7) is 1.78. The van der Waals surface area contributed by atoms with Crippen LogP contribution in [-0.2, 0) is 4.79 Å². The number of likely N-dealkylation sites (tertiary alicyclic amines) is 1. The standard InChI is InChI=1S/C7H14N2O2/c1-9-3-2-5(4-9)6(8)7(10)11/h5-6H,2-4,8H2,1H3,(H,10,11). The molecule has 1 fully saturated rings. The van der Waals surface area contributed by atoms with E-state index in [9.17, 15) is 4.79 Å². The first-order valence-electron chi connectivity index (χ1n) is 3.78. The fraction of sp³-hybridized carbons (Fsp3) is 0.857.